The third kappa shape index (κ3) is 4.07. The van der Waals surface area contributed by atoms with Gasteiger partial charge in [-0.25, -0.2) is 0 Å². The maximum Gasteiger partial charge on any atom is 0.180 e. The van der Waals surface area contributed by atoms with Crippen LogP contribution in [0.1, 0.15) is 15.9 Å². The summed E-state index contributed by atoms with van der Waals surface area (Å²) in [6.07, 6.45) is 0. The Bertz CT molecular complexity index is 596. The lowest BCUT2D eigenvalue weighted by Gasteiger charge is -2.10. The van der Waals surface area contributed by atoms with E-state index in [-0.39, 0.29) is 12.3 Å². The van der Waals surface area contributed by atoms with Crippen molar-refractivity contribution in [3.8, 4) is 11.5 Å². The summed E-state index contributed by atoms with van der Waals surface area (Å²) < 4.78 is 10.4. The zero-order chi connectivity index (χ0) is 15.1. The van der Waals surface area contributed by atoms with Crippen LogP contribution in [0.25, 0.3) is 0 Å². The number of carbonyl (C=O) groups excluding carboxylic acids is 1. The van der Waals surface area contributed by atoms with Crippen LogP contribution >= 0.6 is 0 Å². The molecule has 0 saturated heterocycles. The summed E-state index contributed by atoms with van der Waals surface area (Å²) >= 11 is 0. The molecule has 1 N–H and O–H groups in total. The van der Waals surface area contributed by atoms with Crippen molar-refractivity contribution in [3.63, 3.8) is 0 Å². The Hall–Kier alpha value is -2.33. The molecule has 2 aromatic carbocycles. The lowest BCUT2D eigenvalue weighted by Crippen LogP contribution is -2.23. The number of ketones is 1. The fraction of sp³-hybridized carbons (Fsp3) is 0.235. The van der Waals surface area contributed by atoms with Crippen molar-refractivity contribution in [2.24, 2.45) is 0 Å². The Balaban J connectivity index is 1.99. The van der Waals surface area contributed by atoms with Crippen LogP contribution in [0.15, 0.2) is 48.5 Å². The minimum Gasteiger partial charge on any atom is -0.497 e. The van der Waals surface area contributed by atoms with Crippen molar-refractivity contribution in [1.82, 2.24) is 5.32 Å². The Kier molecular flexibility index (Phi) is 5.35. The van der Waals surface area contributed by atoms with E-state index in [2.05, 4.69) is 5.32 Å². The van der Waals surface area contributed by atoms with Crippen molar-refractivity contribution < 1.29 is 14.3 Å². The first-order chi connectivity index (χ1) is 10.2. The van der Waals surface area contributed by atoms with Gasteiger partial charge in [0.15, 0.2) is 5.78 Å². The van der Waals surface area contributed by atoms with Gasteiger partial charge in [-0.2, -0.15) is 0 Å². The predicted molar refractivity (Wildman–Crippen MR) is 82.0 cm³/mol. The molecule has 110 valence electrons. The normalized spacial score (nSPS) is 10.2. The van der Waals surface area contributed by atoms with E-state index < -0.39 is 0 Å². The molecule has 0 heterocycles. The third-order valence-electron chi connectivity index (χ3n) is 3.16. The summed E-state index contributed by atoms with van der Waals surface area (Å²) in [7, 11) is 3.12. The van der Waals surface area contributed by atoms with Crippen LogP contribution in [-0.4, -0.2) is 26.5 Å². The fourth-order valence-corrected chi connectivity index (χ4v) is 2.04. The van der Waals surface area contributed by atoms with Gasteiger partial charge in [0, 0.05) is 6.54 Å². The van der Waals surface area contributed by atoms with E-state index in [0.29, 0.717) is 23.6 Å². The van der Waals surface area contributed by atoms with Crippen molar-refractivity contribution in [1.29, 1.82) is 0 Å². The third-order valence-corrected chi connectivity index (χ3v) is 3.16. The largest absolute Gasteiger partial charge is 0.497 e. The number of Topliss-reactive ketones (excluding diaryl/α,β-unsaturated/α-hetero) is 1. The molecule has 0 saturated carbocycles. The maximum atomic E-state index is 12.3. The first-order valence-electron chi connectivity index (χ1n) is 6.74. The van der Waals surface area contributed by atoms with Crippen molar-refractivity contribution >= 4 is 5.78 Å². The van der Waals surface area contributed by atoms with Crippen molar-refractivity contribution in [2.75, 3.05) is 20.8 Å². The van der Waals surface area contributed by atoms with Gasteiger partial charge in [-0.15, -0.1) is 0 Å². The van der Waals surface area contributed by atoms with Crippen molar-refractivity contribution in [2.45, 2.75) is 6.54 Å². The minimum atomic E-state index is -0.0262. The molecule has 2 aromatic rings. The summed E-state index contributed by atoms with van der Waals surface area (Å²) in [5, 5.41) is 3.14. The molecule has 0 aliphatic rings. The summed E-state index contributed by atoms with van der Waals surface area (Å²) in [6.45, 7) is 0.900. The highest BCUT2D eigenvalue weighted by Gasteiger charge is 2.13. The highest BCUT2D eigenvalue weighted by atomic mass is 16.5. The van der Waals surface area contributed by atoms with E-state index in [1.807, 2.05) is 30.3 Å². The Labute approximate surface area is 124 Å². The predicted octanol–water partition coefficient (Wildman–Crippen LogP) is 2.68. The monoisotopic (exact) mass is 285 g/mol. The standard InChI is InChI=1S/C17H19NO3/c1-20-14-8-9-17(21-2)15(10-14)16(19)12-18-11-13-6-4-3-5-7-13/h3-10,18H,11-12H2,1-2H3. The maximum absolute atomic E-state index is 12.3. The second kappa shape index (κ2) is 7.45. The van der Waals surface area contributed by atoms with Gasteiger partial charge in [0.25, 0.3) is 0 Å². The Morgan fingerprint density at radius 2 is 1.81 bits per heavy atom. The molecule has 4 heteroatoms. The van der Waals surface area contributed by atoms with E-state index in [4.69, 9.17) is 9.47 Å². The van der Waals surface area contributed by atoms with Gasteiger partial charge in [-0.1, -0.05) is 30.3 Å². The van der Waals surface area contributed by atoms with Gasteiger partial charge in [0.1, 0.15) is 11.5 Å². The van der Waals surface area contributed by atoms with Gasteiger partial charge in [0.05, 0.1) is 26.3 Å². The number of benzene rings is 2. The molecule has 0 bridgehead atoms. The van der Waals surface area contributed by atoms with Crippen LogP contribution in [0.4, 0.5) is 0 Å². The first-order valence-corrected chi connectivity index (χ1v) is 6.74. The van der Waals surface area contributed by atoms with E-state index in [1.165, 1.54) is 0 Å². The number of carbonyl (C=O) groups is 1. The Morgan fingerprint density at radius 3 is 2.48 bits per heavy atom. The summed E-state index contributed by atoms with van der Waals surface area (Å²) in [5.74, 6) is 1.17. The molecule has 0 aliphatic heterocycles. The molecule has 0 aliphatic carbocycles. The van der Waals surface area contributed by atoms with Gasteiger partial charge < -0.3 is 14.8 Å². The lowest BCUT2D eigenvalue weighted by molar-refractivity contribution is 0.0987. The van der Waals surface area contributed by atoms with E-state index >= 15 is 0 Å². The number of hydrogen-bond acceptors (Lipinski definition) is 4. The molecule has 0 amide bonds. The van der Waals surface area contributed by atoms with Gasteiger partial charge in [-0.3, -0.25) is 4.79 Å². The van der Waals surface area contributed by atoms with E-state index in [1.54, 1.807) is 32.4 Å². The summed E-state index contributed by atoms with van der Waals surface area (Å²) in [4.78, 5) is 12.3. The minimum absolute atomic E-state index is 0.0262. The second-order valence-electron chi connectivity index (χ2n) is 4.58. The highest BCUT2D eigenvalue weighted by molar-refractivity contribution is 6.00. The van der Waals surface area contributed by atoms with Crippen LogP contribution in [0.2, 0.25) is 0 Å². The van der Waals surface area contributed by atoms with Crippen molar-refractivity contribution in [3.05, 3.63) is 59.7 Å². The SMILES string of the molecule is COc1ccc(OC)c(C(=O)CNCc2ccccc2)c1. The van der Waals surface area contributed by atoms with Crippen LogP contribution in [0, 0.1) is 0 Å². The number of ether oxygens (including phenoxy) is 2. The number of nitrogens with one attached hydrogen (secondary N) is 1. The van der Waals surface area contributed by atoms with E-state index in [0.717, 1.165) is 5.56 Å². The zero-order valence-electron chi connectivity index (χ0n) is 12.3. The molecule has 21 heavy (non-hydrogen) atoms. The van der Waals surface area contributed by atoms with Crippen LogP contribution in [0.3, 0.4) is 0 Å². The van der Waals surface area contributed by atoms with E-state index in [9.17, 15) is 4.79 Å². The summed E-state index contributed by atoms with van der Waals surface area (Å²) in [6, 6.07) is 15.2. The van der Waals surface area contributed by atoms with Crippen LogP contribution in [0.5, 0.6) is 11.5 Å². The molecular weight excluding hydrogens is 266 g/mol. The summed E-state index contributed by atoms with van der Waals surface area (Å²) in [5.41, 5.74) is 1.67. The van der Waals surface area contributed by atoms with Gasteiger partial charge >= 0.3 is 0 Å². The highest BCUT2D eigenvalue weighted by Crippen LogP contribution is 2.24. The lowest BCUT2D eigenvalue weighted by atomic mass is 10.1. The smallest absolute Gasteiger partial charge is 0.180 e. The molecule has 0 spiro atoms. The fourth-order valence-electron chi connectivity index (χ4n) is 2.04. The van der Waals surface area contributed by atoms with Gasteiger partial charge in [-0.05, 0) is 23.8 Å². The topological polar surface area (TPSA) is 47.6 Å². The number of rotatable bonds is 7. The zero-order valence-corrected chi connectivity index (χ0v) is 12.3. The molecule has 2 rings (SSSR count). The molecule has 0 fully saturated rings. The first kappa shape index (κ1) is 15.1. The average Bonchev–Trinajstić information content (AvgIpc) is 2.55. The molecular formula is C17H19NO3. The van der Waals surface area contributed by atoms with Crippen LogP contribution < -0.4 is 14.8 Å². The number of methoxy groups -OCH3 is 2. The Morgan fingerprint density at radius 1 is 1.05 bits per heavy atom. The quantitative estimate of drug-likeness (QED) is 0.795. The molecule has 0 aromatic heterocycles. The van der Waals surface area contributed by atoms with Crippen LogP contribution in [-0.2, 0) is 6.54 Å². The number of hydrogen-bond donors (Lipinski definition) is 1. The second-order valence-corrected chi connectivity index (χ2v) is 4.58. The average molecular weight is 285 g/mol. The van der Waals surface area contributed by atoms with Gasteiger partial charge in [0.2, 0.25) is 0 Å². The molecule has 0 atom stereocenters. The molecule has 4 nitrogen and oxygen atoms in total. The molecule has 0 radical (unpaired) electrons. The molecule has 0 unspecified atom stereocenters.